The lowest BCUT2D eigenvalue weighted by molar-refractivity contribution is 0.283. The first-order valence-corrected chi connectivity index (χ1v) is 12.8. The Morgan fingerprint density at radius 3 is 1.83 bits per heavy atom. The molecule has 1 aliphatic rings. The average Bonchev–Trinajstić information content (AvgIpc) is 3.62. The zero-order valence-corrected chi connectivity index (χ0v) is 20.9. The topological polar surface area (TPSA) is 47.1 Å². The zero-order valence-electron chi connectivity index (χ0n) is 20.1. The van der Waals surface area contributed by atoms with Crippen LogP contribution < -0.4 is 5.73 Å². The molecule has 1 heterocycles. The highest BCUT2D eigenvalue weighted by Gasteiger charge is 2.41. The average molecular weight is 481 g/mol. The number of thiocarbonyl (C=S) groups is 1. The van der Waals surface area contributed by atoms with Gasteiger partial charge in [-0.2, -0.15) is 0 Å². The van der Waals surface area contributed by atoms with Crippen LogP contribution in [0.4, 0.5) is 0 Å². The van der Waals surface area contributed by atoms with Gasteiger partial charge in [-0.05, 0) is 54.1 Å². The van der Waals surface area contributed by atoms with Crippen LogP contribution in [0.25, 0.3) is 0 Å². The van der Waals surface area contributed by atoms with Crippen LogP contribution in [0.3, 0.4) is 0 Å². The molecule has 0 amide bonds. The van der Waals surface area contributed by atoms with E-state index in [0.717, 1.165) is 18.7 Å². The minimum absolute atomic E-state index is 0.105. The fraction of sp³-hybridized carbons (Fsp3) is 0.267. The molecule has 1 aliphatic carbocycles. The molecule has 35 heavy (non-hydrogen) atoms. The first kappa shape index (κ1) is 23.3. The maximum absolute atomic E-state index is 6.22. The zero-order chi connectivity index (χ0) is 24.3. The van der Waals surface area contributed by atoms with E-state index in [0.29, 0.717) is 11.0 Å². The molecule has 0 aliphatic heterocycles. The molecule has 5 rings (SSSR count). The number of nitrogens with two attached hydrogens (primary N) is 1. The Morgan fingerprint density at radius 1 is 0.943 bits per heavy atom. The van der Waals surface area contributed by atoms with E-state index >= 15 is 0 Å². The van der Waals surface area contributed by atoms with Gasteiger partial charge in [-0.1, -0.05) is 97.9 Å². The molecule has 5 heteroatoms. The molecule has 1 fully saturated rings. The molecule has 3 aromatic carbocycles. The quantitative estimate of drug-likeness (QED) is 0.231. The molecule has 4 nitrogen and oxygen atoms in total. The second-order valence-corrected chi connectivity index (χ2v) is 9.75. The summed E-state index contributed by atoms with van der Waals surface area (Å²) >= 11 is 5.48. The van der Waals surface area contributed by atoms with Gasteiger partial charge in [0.05, 0.1) is 18.1 Å². The Balaban J connectivity index is 1.73. The summed E-state index contributed by atoms with van der Waals surface area (Å²) < 4.78 is 2.28. The number of hydrogen-bond donors (Lipinski definition) is 1. The SMILES string of the molecule is CCCN(C(N)=S)C(c1cn(C(c2ccccc2)(c2ccccc2)c2ccccc2)cn1)C1CC1. The molecule has 1 saturated carbocycles. The van der Waals surface area contributed by atoms with Crippen molar-refractivity contribution in [1.29, 1.82) is 0 Å². The molecule has 2 N–H and O–H groups in total. The molecule has 4 aromatic rings. The van der Waals surface area contributed by atoms with Crippen LogP contribution in [0.2, 0.25) is 0 Å². The molecular weight excluding hydrogens is 448 g/mol. The summed E-state index contributed by atoms with van der Waals surface area (Å²) in [5.74, 6) is 0.533. The first-order valence-electron chi connectivity index (χ1n) is 12.4. The number of rotatable bonds is 9. The second kappa shape index (κ2) is 10.0. The van der Waals surface area contributed by atoms with Crippen LogP contribution in [0.5, 0.6) is 0 Å². The minimum atomic E-state index is -0.568. The predicted molar refractivity (Wildman–Crippen MR) is 146 cm³/mol. The summed E-state index contributed by atoms with van der Waals surface area (Å²) in [4.78, 5) is 7.19. The van der Waals surface area contributed by atoms with Crippen molar-refractivity contribution in [3.05, 3.63) is 126 Å². The molecule has 1 aromatic heterocycles. The van der Waals surface area contributed by atoms with E-state index in [2.05, 4.69) is 114 Å². The predicted octanol–water partition coefficient (Wildman–Crippen LogP) is 6.13. The van der Waals surface area contributed by atoms with E-state index < -0.39 is 5.54 Å². The number of benzene rings is 3. The van der Waals surface area contributed by atoms with Crippen LogP contribution in [0, 0.1) is 5.92 Å². The second-order valence-electron chi connectivity index (χ2n) is 9.33. The van der Waals surface area contributed by atoms with Crippen molar-refractivity contribution >= 4 is 17.3 Å². The summed E-state index contributed by atoms with van der Waals surface area (Å²) in [5.41, 5.74) is 10.2. The summed E-state index contributed by atoms with van der Waals surface area (Å²) in [5, 5.41) is 0.457. The largest absolute Gasteiger partial charge is 0.376 e. The van der Waals surface area contributed by atoms with Gasteiger partial charge in [-0.25, -0.2) is 4.98 Å². The summed E-state index contributed by atoms with van der Waals surface area (Å²) in [6, 6.07) is 32.2. The normalized spacial score (nSPS) is 14.4. The van der Waals surface area contributed by atoms with Gasteiger partial charge in [-0.15, -0.1) is 0 Å². The van der Waals surface area contributed by atoms with Gasteiger partial charge < -0.3 is 15.2 Å². The van der Waals surface area contributed by atoms with Gasteiger partial charge >= 0.3 is 0 Å². The maximum atomic E-state index is 6.22. The third kappa shape index (κ3) is 4.37. The van der Waals surface area contributed by atoms with Crippen LogP contribution in [-0.2, 0) is 5.54 Å². The maximum Gasteiger partial charge on any atom is 0.166 e. The van der Waals surface area contributed by atoms with Crippen molar-refractivity contribution in [2.24, 2.45) is 11.7 Å². The lowest BCUT2D eigenvalue weighted by Gasteiger charge is -2.37. The van der Waals surface area contributed by atoms with Crippen molar-refractivity contribution in [2.45, 2.75) is 37.8 Å². The minimum Gasteiger partial charge on any atom is -0.376 e. The van der Waals surface area contributed by atoms with Gasteiger partial charge in [0.25, 0.3) is 0 Å². The lowest BCUT2D eigenvalue weighted by Crippen LogP contribution is -2.40. The van der Waals surface area contributed by atoms with Crippen molar-refractivity contribution in [3.63, 3.8) is 0 Å². The third-order valence-electron chi connectivity index (χ3n) is 7.02. The Bertz CT molecular complexity index is 1150. The van der Waals surface area contributed by atoms with Crippen molar-refractivity contribution in [1.82, 2.24) is 14.5 Å². The highest BCUT2D eigenvalue weighted by atomic mass is 32.1. The van der Waals surface area contributed by atoms with Crippen molar-refractivity contribution < 1.29 is 0 Å². The van der Waals surface area contributed by atoms with E-state index in [4.69, 9.17) is 22.9 Å². The number of imidazole rings is 1. The third-order valence-corrected chi connectivity index (χ3v) is 7.25. The van der Waals surface area contributed by atoms with E-state index in [1.165, 1.54) is 29.5 Å². The van der Waals surface area contributed by atoms with Crippen molar-refractivity contribution in [3.8, 4) is 0 Å². The van der Waals surface area contributed by atoms with Crippen LogP contribution in [-0.4, -0.2) is 26.1 Å². The van der Waals surface area contributed by atoms with Crippen LogP contribution in [0.15, 0.2) is 104 Å². The van der Waals surface area contributed by atoms with E-state index in [9.17, 15) is 0 Å². The van der Waals surface area contributed by atoms with Gasteiger partial charge in [0.15, 0.2) is 5.11 Å². The number of nitrogens with zero attached hydrogens (tertiary/aromatic N) is 3. The van der Waals surface area contributed by atoms with E-state index in [-0.39, 0.29) is 6.04 Å². The standard InChI is InChI=1S/C30H32N4S/c1-2-20-34(29(31)35)28(23-18-19-23)27-21-33(22-32-27)30(24-12-6-3-7-13-24,25-14-8-4-9-15-25)26-16-10-5-11-17-26/h3-17,21-23,28H,2,18-20H2,1H3,(H2,31,35). The Hall–Kier alpha value is -3.44. The molecule has 0 saturated heterocycles. The van der Waals surface area contributed by atoms with Gasteiger partial charge in [-0.3, -0.25) is 0 Å². The van der Waals surface area contributed by atoms with Crippen molar-refractivity contribution in [2.75, 3.05) is 6.54 Å². The summed E-state index contributed by atoms with van der Waals surface area (Å²) in [6.45, 7) is 3.00. The Morgan fingerprint density at radius 2 is 1.43 bits per heavy atom. The molecule has 1 unspecified atom stereocenters. The van der Waals surface area contributed by atoms with Crippen LogP contribution in [0.1, 0.15) is 54.6 Å². The van der Waals surface area contributed by atoms with E-state index in [1.807, 2.05) is 6.33 Å². The lowest BCUT2D eigenvalue weighted by atomic mass is 9.76. The Labute approximate surface area is 213 Å². The molecule has 0 spiro atoms. The Kier molecular flexibility index (Phi) is 6.69. The van der Waals surface area contributed by atoms with Gasteiger partial charge in [0, 0.05) is 12.7 Å². The number of aromatic nitrogens is 2. The molecule has 1 atom stereocenters. The monoisotopic (exact) mass is 480 g/mol. The fourth-order valence-corrected chi connectivity index (χ4v) is 5.56. The highest BCUT2D eigenvalue weighted by Crippen LogP contribution is 2.46. The molecule has 178 valence electrons. The van der Waals surface area contributed by atoms with Gasteiger partial charge in [0.2, 0.25) is 0 Å². The summed E-state index contributed by atoms with van der Waals surface area (Å²) in [6.07, 6.45) is 7.56. The highest BCUT2D eigenvalue weighted by molar-refractivity contribution is 7.80. The van der Waals surface area contributed by atoms with Gasteiger partial charge in [0.1, 0.15) is 5.54 Å². The molecular formula is C30H32N4S. The summed E-state index contributed by atoms with van der Waals surface area (Å²) in [7, 11) is 0. The fourth-order valence-electron chi connectivity index (χ4n) is 5.35. The molecule has 0 radical (unpaired) electrons. The van der Waals surface area contributed by atoms with E-state index in [1.54, 1.807) is 0 Å². The van der Waals surface area contributed by atoms with Crippen LogP contribution >= 0.6 is 12.2 Å². The number of hydrogen-bond acceptors (Lipinski definition) is 2. The smallest absolute Gasteiger partial charge is 0.166 e. The first-order chi connectivity index (χ1) is 17.2. The molecule has 0 bridgehead atoms.